The van der Waals surface area contributed by atoms with E-state index in [1.165, 1.54) is 0 Å². The lowest BCUT2D eigenvalue weighted by atomic mass is 9.79. The number of para-hydroxylation sites is 1. The summed E-state index contributed by atoms with van der Waals surface area (Å²) in [4.78, 5) is 13.9. The Hall–Kier alpha value is -2.27. The van der Waals surface area contributed by atoms with Gasteiger partial charge >= 0.3 is 6.09 Å². The van der Waals surface area contributed by atoms with Gasteiger partial charge in [0, 0.05) is 25.4 Å². The van der Waals surface area contributed by atoms with Crippen LogP contribution in [-0.4, -0.2) is 47.5 Å². The third-order valence-electron chi connectivity index (χ3n) is 5.35. The molecule has 28 heavy (non-hydrogen) atoms. The number of fused-ring (bicyclic) bond motifs is 2. The summed E-state index contributed by atoms with van der Waals surface area (Å²) in [6.07, 6.45) is 5.55. The van der Waals surface area contributed by atoms with E-state index in [1.54, 1.807) is 11.9 Å². The van der Waals surface area contributed by atoms with Crippen LogP contribution in [0.4, 0.5) is 4.79 Å². The zero-order valence-corrected chi connectivity index (χ0v) is 17.4. The topological polar surface area (TPSA) is 59.0 Å². The number of aliphatic hydroxyl groups excluding tert-OH is 1. The first kappa shape index (κ1) is 20.5. The van der Waals surface area contributed by atoms with E-state index < -0.39 is 11.7 Å². The second-order valence-corrected chi connectivity index (χ2v) is 8.74. The number of benzene rings is 1. The molecular weight excluding hydrogens is 354 g/mol. The van der Waals surface area contributed by atoms with Gasteiger partial charge in [0.05, 0.1) is 6.10 Å². The highest BCUT2D eigenvalue weighted by atomic mass is 16.6. The minimum atomic E-state index is -0.597. The summed E-state index contributed by atoms with van der Waals surface area (Å²) in [5, 5.41) is 11.3. The van der Waals surface area contributed by atoms with Gasteiger partial charge in [-0.15, -0.1) is 0 Å². The van der Waals surface area contributed by atoms with Crippen LogP contribution in [0.2, 0.25) is 0 Å². The maximum absolute atomic E-state index is 12.3. The second kappa shape index (κ2) is 8.00. The molecule has 0 fully saturated rings. The van der Waals surface area contributed by atoms with Crippen LogP contribution in [0, 0.1) is 5.92 Å². The molecule has 5 heteroatoms. The monoisotopic (exact) mass is 385 g/mol. The lowest BCUT2D eigenvalue weighted by molar-refractivity contribution is 0.0259. The number of carbonyl (C=O) groups excluding carboxylic acids is 1. The Bertz CT molecular complexity index is 777. The maximum atomic E-state index is 12.3. The Kier molecular flexibility index (Phi) is 5.84. The highest BCUT2D eigenvalue weighted by molar-refractivity contribution is 5.67. The molecule has 1 aliphatic heterocycles. The molecule has 0 spiro atoms. The molecule has 2 aliphatic rings. The average Bonchev–Trinajstić information content (AvgIpc) is 2.74. The normalized spacial score (nSPS) is 26.3. The molecule has 5 nitrogen and oxygen atoms in total. The van der Waals surface area contributed by atoms with Crippen molar-refractivity contribution in [2.75, 3.05) is 13.6 Å². The Morgan fingerprint density at radius 1 is 1.29 bits per heavy atom. The van der Waals surface area contributed by atoms with Gasteiger partial charge in [0.2, 0.25) is 0 Å². The van der Waals surface area contributed by atoms with Crippen molar-refractivity contribution in [3.05, 3.63) is 53.6 Å². The van der Waals surface area contributed by atoms with Crippen LogP contribution in [0.1, 0.15) is 45.6 Å². The van der Waals surface area contributed by atoms with Gasteiger partial charge in [-0.3, -0.25) is 0 Å². The Morgan fingerprint density at radius 2 is 2.00 bits per heavy atom. The van der Waals surface area contributed by atoms with Gasteiger partial charge in [-0.1, -0.05) is 36.4 Å². The number of rotatable bonds is 3. The molecule has 1 aliphatic carbocycles. The molecule has 0 aromatic heterocycles. The van der Waals surface area contributed by atoms with Crippen LogP contribution in [0.5, 0.6) is 5.75 Å². The highest BCUT2D eigenvalue weighted by Crippen LogP contribution is 2.42. The van der Waals surface area contributed by atoms with Crippen molar-refractivity contribution >= 4 is 6.09 Å². The highest BCUT2D eigenvalue weighted by Gasteiger charge is 2.40. The van der Waals surface area contributed by atoms with E-state index in [1.807, 2.05) is 70.2 Å². The van der Waals surface area contributed by atoms with Crippen LogP contribution >= 0.6 is 0 Å². The fourth-order valence-electron chi connectivity index (χ4n) is 3.87. The van der Waals surface area contributed by atoms with Crippen LogP contribution in [0.3, 0.4) is 0 Å². The number of ether oxygens (including phenoxy) is 2. The molecule has 1 amide bonds. The first-order valence-electron chi connectivity index (χ1n) is 9.90. The van der Waals surface area contributed by atoms with Gasteiger partial charge < -0.3 is 19.5 Å². The van der Waals surface area contributed by atoms with E-state index in [9.17, 15) is 9.90 Å². The average molecular weight is 386 g/mol. The van der Waals surface area contributed by atoms with Crippen molar-refractivity contribution in [3.63, 3.8) is 0 Å². The first-order valence-corrected chi connectivity index (χ1v) is 9.90. The fourth-order valence-corrected chi connectivity index (χ4v) is 3.87. The second-order valence-electron chi connectivity index (χ2n) is 8.74. The predicted octanol–water partition coefficient (Wildman–Crippen LogP) is 4.28. The number of carbonyl (C=O) groups is 1. The standard InChI is InChI=1S/C23H31NO4/c1-15-9-8-11-18-20(25)17(13-14-24(5)22(26)28-23(2,3)4)16-10-6-7-12-19(16)27-21(15)18/h6-12,17-18,20-21,25H,13-14H2,1-5H3. The van der Waals surface area contributed by atoms with Crippen molar-refractivity contribution < 1.29 is 19.4 Å². The summed E-state index contributed by atoms with van der Waals surface area (Å²) in [6, 6.07) is 7.89. The molecule has 0 radical (unpaired) electrons. The Balaban J connectivity index is 1.80. The number of nitrogens with zero attached hydrogens (tertiary/aromatic N) is 1. The van der Waals surface area contributed by atoms with Crippen LogP contribution in [0.15, 0.2) is 48.1 Å². The Labute approximate surface area is 167 Å². The number of allylic oxidation sites excluding steroid dienone is 2. The molecule has 3 rings (SSSR count). The largest absolute Gasteiger partial charge is 0.485 e. The smallest absolute Gasteiger partial charge is 0.410 e. The zero-order chi connectivity index (χ0) is 20.5. The quantitative estimate of drug-likeness (QED) is 0.844. The van der Waals surface area contributed by atoms with E-state index in [0.29, 0.717) is 13.0 Å². The van der Waals surface area contributed by atoms with Crippen molar-refractivity contribution in [2.45, 2.75) is 57.8 Å². The number of aliphatic hydroxyl groups is 1. The lowest BCUT2D eigenvalue weighted by Crippen LogP contribution is -2.39. The predicted molar refractivity (Wildman–Crippen MR) is 109 cm³/mol. The van der Waals surface area contributed by atoms with Gasteiger partial charge in [0.25, 0.3) is 0 Å². The third-order valence-corrected chi connectivity index (χ3v) is 5.35. The summed E-state index contributed by atoms with van der Waals surface area (Å²) in [5.74, 6) is 0.558. The van der Waals surface area contributed by atoms with Gasteiger partial charge in [-0.05, 0) is 51.3 Å². The minimum absolute atomic E-state index is 0.116. The van der Waals surface area contributed by atoms with E-state index in [2.05, 4.69) is 0 Å². The van der Waals surface area contributed by atoms with Crippen LogP contribution in [-0.2, 0) is 4.74 Å². The summed E-state index contributed by atoms with van der Waals surface area (Å²) in [6.45, 7) is 8.08. The summed E-state index contributed by atoms with van der Waals surface area (Å²) < 4.78 is 11.8. The molecule has 0 saturated carbocycles. The van der Waals surface area contributed by atoms with Crippen molar-refractivity contribution in [1.29, 1.82) is 0 Å². The van der Waals surface area contributed by atoms with Gasteiger partial charge in [0.15, 0.2) is 0 Å². The number of hydrogen-bond donors (Lipinski definition) is 1. The molecule has 4 atom stereocenters. The molecule has 1 aromatic carbocycles. The molecule has 0 bridgehead atoms. The molecule has 1 N–H and O–H groups in total. The fraction of sp³-hybridized carbons (Fsp3) is 0.522. The van der Waals surface area contributed by atoms with Crippen molar-refractivity contribution in [1.82, 2.24) is 4.90 Å². The summed E-state index contributed by atoms with van der Waals surface area (Å²) >= 11 is 0. The maximum Gasteiger partial charge on any atom is 0.410 e. The molecular formula is C23H31NO4. The van der Waals surface area contributed by atoms with Gasteiger partial charge in [-0.25, -0.2) is 4.79 Å². The summed E-state index contributed by atoms with van der Waals surface area (Å²) in [5.41, 5.74) is 1.56. The van der Waals surface area contributed by atoms with E-state index >= 15 is 0 Å². The Morgan fingerprint density at radius 3 is 2.71 bits per heavy atom. The van der Waals surface area contributed by atoms with E-state index in [-0.39, 0.29) is 24.0 Å². The first-order chi connectivity index (χ1) is 13.2. The third kappa shape index (κ3) is 4.41. The lowest BCUT2D eigenvalue weighted by Gasteiger charge is -2.32. The molecule has 1 aromatic rings. The summed E-state index contributed by atoms with van der Waals surface area (Å²) in [7, 11) is 1.73. The number of amides is 1. The zero-order valence-electron chi connectivity index (χ0n) is 17.4. The molecule has 152 valence electrons. The number of hydrogen-bond acceptors (Lipinski definition) is 4. The minimum Gasteiger partial charge on any atom is -0.485 e. The van der Waals surface area contributed by atoms with E-state index in [4.69, 9.17) is 9.47 Å². The molecule has 1 heterocycles. The van der Waals surface area contributed by atoms with Crippen molar-refractivity contribution in [2.24, 2.45) is 5.92 Å². The van der Waals surface area contributed by atoms with Crippen molar-refractivity contribution in [3.8, 4) is 5.75 Å². The van der Waals surface area contributed by atoms with Crippen LogP contribution in [0.25, 0.3) is 0 Å². The van der Waals surface area contributed by atoms with E-state index in [0.717, 1.165) is 16.9 Å². The van der Waals surface area contributed by atoms with Gasteiger partial charge in [-0.2, -0.15) is 0 Å². The van der Waals surface area contributed by atoms with Crippen LogP contribution < -0.4 is 4.74 Å². The van der Waals surface area contributed by atoms with Gasteiger partial charge in [0.1, 0.15) is 17.5 Å². The molecule has 0 saturated heterocycles. The molecule has 4 unspecified atom stereocenters. The SMILES string of the molecule is CC1=CC=CC2C1Oc1ccccc1C(CCN(C)C(=O)OC(C)(C)C)C2O.